The molecule has 0 fully saturated rings. The zero-order valence-corrected chi connectivity index (χ0v) is 11.9. The monoisotopic (exact) mass is 283 g/mol. The first kappa shape index (κ1) is 13.4. The van der Waals surface area contributed by atoms with E-state index in [1.807, 2.05) is 30.3 Å². The summed E-state index contributed by atoms with van der Waals surface area (Å²) in [6, 6.07) is 9.37. The number of nitrogens with one attached hydrogen (secondary N) is 1. The van der Waals surface area contributed by atoms with E-state index in [2.05, 4.69) is 22.3 Å². The third-order valence-electron chi connectivity index (χ3n) is 3.20. The smallest absolute Gasteiger partial charge is 0.350 e. The van der Waals surface area contributed by atoms with Gasteiger partial charge in [-0.2, -0.15) is 0 Å². The Balaban J connectivity index is 1.82. The van der Waals surface area contributed by atoms with Gasteiger partial charge in [-0.05, 0) is 30.2 Å². The van der Waals surface area contributed by atoms with E-state index in [0.29, 0.717) is 12.2 Å². The summed E-state index contributed by atoms with van der Waals surface area (Å²) < 4.78 is 2.98. The highest BCUT2D eigenvalue weighted by Gasteiger charge is 2.06. The van der Waals surface area contributed by atoms with Gasteiger partial charge in [0.05, 0.1) is 6.54 Å². The first-order valence-electron chi connectivity index (χ1n) is 7.01. The maximum Gasteiger partial charge on any atom is 0.350 e. The molecule has 0 bridgehead atoms. The van der Waals surface area contributed by atoms with Crippen LogP contribution in [0, 0.1) is 0 Å². The molecule has 6 nitrogen and oxygen atoms in total. The van der Waals surface area contributed by atoms with Crippen molar-refractivity contribution >= 4 is 11.5 Å². The van der Waals surface area contributed by atoms with Gasteiger partial charge in [0.25, 0.3) is 0 Å². The van der Waals surface area contributed by atoms with Crippen molar-refractivity contribution < 1.29 is 0 Å². The van der Waals surface area contributed by atoms with Crippen LogP contribution in [0.15, 0.2) is 47.5 Å². The lowest BCUT2D eigenvalue weighted by atomic mass is 10.3. The molecule has 3 rings (SSSR count). The van der Waals surface area contributed by atoms with Crippen LogP contribution in [0.3, 0.4) is 0 Å². The van der Waals surface area contributed by atoms with E-state index in [4.69, 9.17) is 0 Å². The van der Waals surface area contributed by atoms with Crippen molar-refractivity contribution in [3.05, 3.63) is 58.8 Å². The predicted octanol–water partition coefficient (Wildman–Crippen LogP) is 1.76. The number of pyridine rings is 2. The van der Waals surface area contributed by atoms with Crippen LogP contribution in [-0.4, -0.2) is 25.7 Å². The second kappa shape index (κ2) is 5.78. The average molecular weight is 283 g/mol. The van der Waals surface area contributed by atoms with Crippen LogP contribution in [0.4, 0.5) is 5.82 Å². The van der Waals surface area contributed by atoms with Crippen LogP contribution in [0.5, 0.6) is 0 Å². The van der Waals surface area contributed by atoms with Gasteiger partial charge in [-0.3, -0.25) is 4.40 Å². The van der Waals surface area contributed by atoms with Gasteiger partial charge in [0.2, 0.25) is 0 Å². The molecule has 0 aliphatic rings. The van der Waals surface area contributed by atoms with Gasteiger partial charge in [0.1, 0.15) is 5.82 Å². The topological polar surface area (TPSA) is 64.2 Å². The van der Waals surface area contributed by atoms with E-state index in [-0.39, 0.29) is 5.69 Å². The van der Waals surface area contributed by atoms with Gasteiger partial charge in [-0.15, -0.1) is 5.10 Å². The summed E-state index contributed by atoms with van der Waals surface area (Å²) in [7, 11) is 0. The summed E-state index contributed by atoms with van der Waals surface area (Å²) in [6.45, 7) is 3.43. The average Bonchev–Trinajstić information content (AvgIpc) is 2.83. The van der Waals surface area contributed by atoms with Crippen LogP contribution >= 0.6 is 0 Å². The molecular formula is C15H17N5O. The van der Waals surface area contributed by atoms with Gasteiger partial charge in [-0.1, -0.05) is 19.1 Å². The molecular weight excluding hydrogens is 266 g/mol. The van der Waals surface area contributed by atoms with Crippen LogP contribution in [-0.2, 0) is 6.54 Å². The number of anilines is 1. The Kier molecular flexibility index (Phi) is 3.68. The highest BCUT2D eigenvalue weighted by Crippen LogP contribution is 2.06. The van der Waals surface area contributed by atoms with Crippen LogP contribution < -0.4 is 11.0 Å². The van der Waals surface area contributed by atoms with Crippen molar-refractivity contribution in [2.75, 3.05) is 11.9 Å². The van der Waals surface area contributed by atoms with Crippen molar-refractivity contribution in [3.8, 4) is 0 Å². The lowest BCUT2D eigenvalue weighted by Gasteiger charge is -2.04. The number of aromatic nitrogens is 4. The van der Waals surface area contributed by atoms with Gasteiger partial charge in [0.15, 0.2) is 5.65 Å². The molecule has 0 unspecified atom stereocenters. The van der Waals surface area contributed by atoms with Gasteiger partial charge >= 0.3 is 5.69 Å². The SMILES string of the molecule is CCCNc1ccc(Cn2nc3ccccn3c2=O)cn1. The maximum absolute atomic E-state index is 12.2. The fourth-order valence-corrected chi connectivity index (χ4v) is 2.12. The van der Waals surface area contributed by atoms with Crippen LogP contribution in [0.25, 0.3) is 5.65 Å². The Bertz CT molecular complexity index is 788. The number of nitrogens with zero attached hydrogens (tertiary/aromatic N) is 4. The minimum absolute atomic E-state index is 0.140. The number of hydrogen-bond donors (Lipinski definition) is 1. The molecule has 0 saturated carbocycles. The summed E-state index contributed by atoms with van der Waals surface area (Å²) in [5.74, 6) is 0.850. The second-order valence-electron chi connectivity index (χ2n) is 4.85. The summed E-state index contributed by atoms with van der Waals surface area (Å²) >= 11 is 0. The summed E-state index contributed by atoms with van der Waals surface area (Å²) in [6.07, 6.45) is 4.55. The first-order chi connectivity index (χ1) is 10.3. The second-order valence-corrected chi connectivity index (χ2v) is 4.85. The zero-order chi connectivity index (χ0) is 14.7. The quantitative estimate of drug-likeness (QED) is 0.775. The predicted molar refractivity (Wildman–Crippen MR) is 81.6 cm³/mol. The largest absolute Gasteiger partial charge is 0.370 e. The lowest BCUT2D eigenvalue weighted by Crippen LogP contribution is -2.21. The van der Waals surface area contributed by atoms with Crippen molar-refractivity contribution in [3.63, 3.8) is 0 Å². The Morgan fingerprint density at radius 1 is 1.24 bits per heavy atom. The molecule has 0 aliphatic carbocycles. The standard InChI is InChI=1S/C15H17N5O/c1-2-8-16-13-7-6-12(10-17-13)11-20-15(21)19-9-4-3-5-14(19)18-20/h3-7,9-10H,2,8,11H2,1H3,(H,16,17). The minimum atomic E-state index is -0.140. The molecule has 0 atom stereocenters. The summed E-state index contributed by atoms with van der Waals surface area (Å²) in [5.41, 5.74) is 1.46. The fourth-order valence-electron chi connectivity index (χ4n) is 2.12. The van der Waals surface area contributed by atoms with E-state index in [9.17, 15) is 4.79 Å². The van der Waals surface area contributed by atoms with E-state index in [1.54, 1.807) is 12.4 Å². The van der Waals surface area contributed by atoms with E-state index >= 15 is 0 Å². The normalized spacial score (nSPS) is 10.9. The molecule has 108 valence electrons. The molecule has 0 radical (unpaired) electrons. The molecule has 0 amide bonds. The van der Waals surface area contributed by atoms with Crippen LogP contribution in [0.1, 0.15) is 18.9 Å². The van der Waals surface area contributed by atoms with Gasteiger partial charge in [-0.25, -0.2) is 14.5 Å². The highest BCUT2D eigenvalue weighted by molar-refractivity contribution is 5.37. The first-order valence-corrected chi connectivity index (χ1v) is 7.01. The van der Waals surface area contributed by atoms with E-state index < -0.39 is 0 Å². The Morgan fingerprint density at radius 2 is 2.14 bits per heavy atom. The van der Waals surface area contributed by atoms with Gasteiger partial charge in [0, 0.05) is 18.9 Å². The molecule has 3 aromatic heterocycles. The highest BCUT2D eigenvalue weighted by atomic mass is 16.2. The number of fused-ring (bicyclic) bond motifs is 1. The molecule has 0 aromatic carbocycles. The molecule has 3 heterocycles. The molecule has 0 aliphatic heterocycles. The zero-order valence-electron chi connectivity index (χ0n) is 11.9. The van der Waals surface area contributed by atoms with Crippen LogP contribution in [0.2, 0.25) is 0 Å². The molecule has 3 aromatic rings. The number of hydrogen-bond acceptors (Lipinski definition) is 4. The van der Waals surface area contributed by atoms with E-state index in [0.717, 1.165) is 24.3 Å². The number of rotatable bonds is 5. The van der Waals surface area contributed by atoms with Crippen molar-refractivity contribution in [2.24, 2.45) is 0 Å². The molecule has 21 heavy (non-hydrogen) atoms. The molecule has 6 heteroatoms. The summed E-state index contributed by atoms with van der Waals surface area (Å²) in [4.78, 5) is 16.5. The lowest BCUT2D eigenvalue weighted by molar-refractivity contribution is 0.657. The third-order valence-corrected chi connectivity index (χ3v) is 3.20. The van der Waals surface area contributed by atoms with Crippen molar-refractivity contribution in [1.82, 2.24) is 19.2 Å². The fraction of sp³-hybridized carbons (Fsp3) is 0.267. The molecule has 0 spiro atoms. The van der Waals surface area contributed by atoms with Crippen molar-refractivity contribution in [1.29, 1.82) is 0 Å². The molecule has 0 saturated heterocycles. The minimum Gasteiger partial charge on any atom is -0.370 e. The third kappa shape index (κ3) is 2.79. The van der Waals surface area contributed by atoms with E-state index in [1.165, 1.54) is 9.08 Å². The van der Waals surface area contributed by atoms with Gasteiger partial charge < -0.3 is 5.32 Å². The van der Waals surface area contributed by atoms with Crippen molar-refractivity contribution in [2.45, 2.75) is 19.9 Å². The Labute approximate surface area is 122 Å². The summed E-state index contributed by atoms with van der Waals surface area (Å²) in [5, 5.41) is 7.52. The Morgan fingerprint density at radius 3 is 2.86 bits per heavy atom. The molecule has 1 N–H and O–H groups in total. The Hall–Kier alpha value is -2.63. The maximum atomic E-state index is 12.2.